The molecular formula is C10H12F3N3O2. The zero-order chi connectivity index (χ0) is 14.1. The second-order valence-electron chi connectivity index (χ2n) is 4.54. The van der Waals surface area contributed by atoms with Crippen molar-refractivity contribution in [2.24, 2.45) is 5.92 Å². The predicted octanol–water partition coefficient (Wildman–Crippen LogP) is 0.425. The van der Waals surface area contributed by atoms with Crippen molar-refractivity contribution in [3.05, 3.63) is 0 Å². The van der Waals surface area contributed by atoms with Crippen molar-refractivity contribution >= 4 is 11.8 Å². The Bertz CT molecular complexity index is 412. The van der Waals surface area contributed by atoms with Crippen molar-refractivity contribution in [1.82, 2.24) is 10.2 Å². The molecule has 2 amide bonds. The lowest BCUT2D eigenvalue weighted by Gasteiger charge is -2.40. The minimum atomic E-state index is -4.68. The van der Waals surface area contributed by atoms with Crippen LogP contribution in [0.4, 0.5) is 13.2 Å². The number of amides is 2. The second kappa shape index (κ2) is 4.57. The fourth-order valence-electron chi connectivity index (χ4n) is 1.56. The largest absolute Gasteiger partial charge is 0.405 e. The number of imide groups is 1. The molecule has 1 heterocycles. The SMILES string of the molecule is CC1(C)C(=O)NC(=O)CN1CC(C#N)C(F)(F)F. The topological polar surface area (TPSA) is 73.2 Å². The van der Waals surface area contributed by atoms with Gasteiger partial charge in [0.15, 0.2) is 5.92 Å². The predicted molar refractivity (Wildman–Crippen MR) is 54.0 cm³/mol. The molecule has 0 spiro atoms. The van der Waals surface area contributed by atoms with Gasteiger partial charge in [0, 0.05) is 6.54 Å². The van der Waals surface area contributed by atoms with Gasteiger partial charge in [-0.1, -0.05) is 0 Å². The zero-order valence-corrected chi connectivity index (χ0v) is 9.84. The minimum Gasteiger partial charge on any atom is -0.294 e. The van der Waals surface area contributed by atoms with Crippen molar-refractivity contribution in [3.63, 3.8) is 0 Å². The van der Waals surface area contributed by atoms with E-state index in [9.17, 15) is 22.8 Å². The first kappa shape index (κ1) is 14.4. The van der Waals surface area contributed by atoms with E-state index in [1.807, 2.05) is 5.32 Å². The third-order valence-corrected chi connectivity index (χ3v) is 2.89. The molecule has 1 fully saturated rings. The van der Waals surface area contributed by atoms with Gasteiger partial charge in [-0.15, -0.1) is 0 Å². The first-order chi connectivity index (χ1) is 8.09. The van der Waals surface area contributed by atoms with Crippen LogP contribution in [0.5, 0.6) is 0 Å². The van der Waals surface area contributed by atoms with Gasteiger partial charge in [0.25, 0.3) is 0 Å². The molecule has 1 N–H and O–H groups in total. The molecule has 1 saturated heterocycles. The quantitative estimate of drug-likeness (QED) is 0.733. The normalized spacial score (nSPS) is 22.2. The molecule has 5 nitrogen and oxygen atoms in total. The first-order valence-electron chi connectivity index (χ1n) is 5.14. The van der Waals surface area contributed by atoms with Crippen molar-refractivity contribution in [2.45, 2.75) is 25.6 Å². The summed E-state index contributed by atoms with van der Waals surface area (Å²) in [5, 5.41) is 10.6. The van der Waals surface area contributed by atoms with Gasteiger partial charge in [0.2, 0.25) is 11.8 Å². The van der Waals surface area contributed by atoms with Crippen molar-refractivity contribution in [3.8, 4) is 6.07 Å². The molecule has 0 aromatic carbocycles. The number of hydrogen-bond donors (Lipinski definition) is 1. The fraction of sp³-hybridized carbons (Fsp3) is 0.700. The lowest BCUT2D eigenvalue weighted by atomic mass is 9.96. The molecule has 1 rings (SSSR count). The van der Waals surface area contributed by atoms with Gasteiger partial charge < -0.3 is 0 Å². The number of hydrogen-bond acceptors (Lipinski definition) is 4. The average Bonchev–Trinajstić information content (AvgIpc) is 2.19. The number of alkyl halides is 3. The highest BCUT2D eigenvalue weighted by molar-refractivity contribution is 6.02. The molecule has 1 atom stereocenters. The Labute approximate surface area is 102 Å². The maximum atomic E-state index is 12.5. The van der Waals surface area contributed by atoms with Gasteiger partial charge in [-0.25, -0.2) is 0 Å². The number of halogens is 3. The highest BCUT2D eigenvalue weighted by Gasteiger charge is 2.47. The summed E-state index contributed by atoms with van der Waals surface area (Å²) < 4.78 is 37.5. The van der Waals surface area contributed by atoms with E-state index in [4.69, 9.17) is 5.26 Å². The Kier molecular flexibility index (Phi) is 3.67. The molecule has 100 valence electrons. The Morgan fingerprint density at radius 1 is 1.50 bits per heavy atom. The van der Waals surface area contributed by atoms with Crippen LogP contribution >= 0.6 is 0 Å². The van der Waals surface area contributed by atoms with Crippen LogP contribution in [0.2, 0.25) is 0 Å². The van der Waals surface area contributed by atoms with Crippen molar-refractivity contribution in [1.29, 1.82) is 5.26 Å². The van der Waals surface area contributed by atoms with Crippen LogP contribution in [-0.2, 0) is 9.59 Å². The molecule has 1 aliphatic heterocycles. The van der Waals surface area contributed by atoms with Gasteiger partial charge in [-0.05, 0) is 13.8 Å². The van der Waals surface area contributed by atoms with E-state index < -0.39 is 36.0 Å². The van der Waals surface area contributed by atoms with E-state index in [1.165, 1.54) is 13.8 Å². The van der Waals surface area contributed by atoms with Crippen LogP contribution < -0.4 is 5.32 Å². The summed E-state index contributed by atoms with van der Waals surface area (Å²) in [6.45, 7) is 1.76. The Hall–Kier alpha value is -1.62. The summed E-state index contributed by atoms with van der Waals surface area (Å²) in [7, 11) is 0. The van der Waals surface area contributed by atoms with E-state index in [0.29, 0.717) is 0 Å². The number of carbonyl (C=O) groups excluding carboxylic acids is 2. The number of nitrogens with one attached hydrogen (secondary N) is 1. The summed E-state index contributed by atoms with van der Waals surface area (Å²) in [5.41, 5.74) is -1.26. The summed E-state index contributed by atoms with van der Waals surface area (Å²) >= 11 is 0. The Morgan fingerprint density at radius 2 is 2.06 bits per heavy atom. The lowest BCUT2D eigenvalue weighted by Crippen LogP contribution is -2.65. The monoisotopic (exact) mass is 263 g/mol. The maximum absolute atomic E-state index is 12.5. The molecule has 1 aliphatic rings. The fourth-order valence-corrected chi connectivity index (χ4v) is 1.56. The maximum Gasteiger partial charge on any atom is 0.405 e. The number of nitrogens with zero attached hydrogens (tertiary/aromatic N) is 2. The standard InChI is InChI=1S/C10H12F3N3O2/c1-9(2)8(18)15-7(17)5-16(9)4-6(3-14)10(11,12)13/h6H,4-5H2,1-2H3,(H,15,17,18). The van der Waals surface area contributed by atoms with E-state index in [2.05, 4.69) is 0 Å². The highest BCUT2D eigenvalue weighted by atomic mass is 19.4. The molecule has 1 unspecified atom stereocenters. The number of carbonyl (C=O) groups is 2. The smallest absolute Gasteiger partial charge is 0.294 e. The number of nitriles is 1. The van der Waals surface area contributed by atoms with Crippen LogP contribution in [0.15, 0.2) is 0 Å². The van der Waals surface area contributed by atoms with Crippen molar-refractivity contribution in [2.75, 3.05) is 13.1 Å². The second-order valence-corrected chi connectivity index (χ2v) is 4.54. The Morgan fingerprint density at radius 3 is 2.50 bits per heavy atom. The van der Waals surface area contributed by atoms with Gasteiger partial charge in [0.1, 0.15) is 0 Å². The number of rotatable bonds is 2. The highest BCUT2D eigenvalue weighted by Crippen LogP contribution is 2.29. The molecular weight excluding hydrogens is 251 g/mol. The molecule has 8 heteroatoms. The van der Waals surface area contributed by atoms with Gasteiger partial charge in [-0.3, -0.25) is 19.8 Å². The molecule has 18 heavy (non-hydrogen) atoms. The van der Waals surface area contributed by atoms with Crippen LogP contribution in [0.3, 0.4) is 0 Å². The molecule has 0 aromatic rings. The first-order valence-corrected chi connectivity index (χ1v) is 5.14. The molecule has 0 saturated carbocycles. The van der Waals surface area contributed by atoms with Gasteiger partial charge in [-0.2, -0.15) is 18.4 Å². The Balaban J connectivity index is 2.91. The van der Waals surface area contributed by atoms with Crippen LogP contribution in [0, 0.1) is 17.2 Å². The van der Waals surface area contributed by atoms with Crippen LogP contribution in [0.1, 0.15) is 13.8 Å². The van der Waals surface area contributed by atoms with Crippen molar-refractivity contribution < 1.29 is 22.8 Å². The van der Waals surface area contributed by atoms with E-state index in [0.717, 1.165) is 11.0 Å². The van der Waals surface area contributed by atoms with E-state index in [1.54, 1.807) is 0 Å². The average molecular weight is 263 g/mol. The third-order valence-electron chi connectivity index (χ3n) is 2.89. The third kappa shape index (κ3) is 2.79. The molecule has 0 aromatic heterocycles. The van der Waals surface area contributed by atoms with Gasteiger partial charge >= 0.3 is 6.18 Å². The van der Waals surface area contributed by atoms with Gasteiger partial charge in [0.05, 0.1) is 18.2 Å². The summed E-state index contributed by atoms with van der Waals surface area (Å²) in [4.78, 5) is 23.7. The van der Waals surface area contributed by atoms with E-state index >= 15 is 0 Å². The van der Waals surface area contributed by atoms with Crippen LogP contribution in [0.25, 0.3) is 0 Å². The zero-order valence-electron chi connectivity index (χ0n) is 9.84. The summed E-state index contributed by atoms with van der Waals surface area (Å²) in [6.07, 6.45) is -4.68. The van der Waals surface area contributed by atoms with E-state index in [-0.39, 0.29) is 6.54 Å². The molecule has 0 aliphatic carbocycles. The number of piperazine rings is 1. The summed E-state index contributed by atoms with van der Waals surface area (Å²) in [5.74, 6) is -3.56. The molecule has 0 radical (unpaired) electrons. The summed E-state index contributed by atoms with van der Waals surface area (Å²) in [6, 6.07) is 1.15. The molecule has 0 bridgehead atoms. The van der Waals surface area contributed by atoms with Crippen LogP contribution in [-0.4, -0.2) is 41.5 Å². The lowest BCUT2D eigenvalue weighted by molar-refractivity contribution is -0.171. The minimum absolute atomic E-state index is 0.340.